The Morgan fingerprint density at radius 2 is 1.95 bits per heavy atom. The van der Waals surface area contributed by atoms with E-state index in [1.54, 1.807) is 0 Å². The first-order chi connectivity index (χ1) is 9.29. The Morgan fingerprint density at radius 1 is 1.21 bits per heavy atom. The minimum absolute atomic E-state index is 0.420. The van der Waals surface area contributed by atoms with Gasteiger partial charge < -0.3 is 5.73 Å². The Hall–Kier alpha value is -0.970. The average Bonchev–Trinajstić information content (AvgIpc) is 2.90. The molecular weight excluding hydrogens is 254 g/mol. The van der Waals surface area contributed by atoms with Gasteiger partial charge in [0.25, 0.3) is 0 Å². The summed E-state index contributed by atoms with van der Waals surface area (Å²) < 4.78 is 1.30. The van der Waals surface area contributed by atoms with Crippen LogP contribution >= 0.6 is 11.3 Å². The molecule has 2 bridgehead atoms. The number of nitrogens with two attached hydrogens (primary N) is 1. The molecule has 1 aromatic carbocycles. The van der Waals surface area contributed by atoms with Gasteiger partial charge in [-0.15, -0.1) is 11.3 Å². The third kappa shape index (κ3) is 2.08. The lowest BCUT2D eigenvalue weighted by molar-refractivity contribution is 0.120. The molecule has 2 fully saturated rings. The third-order valence-corrected chi connectivity index (χ3v) is 5.60. The Bertz CT molecular complexity index is 547. The van der Waals surface area contributed by atoms with Gasteiger partial charge in [0.2, 0.25) is 0 Å². The van der Waals surface area contributed by atoms with E-state index in [9.17, 15) is 0 Å². The summed E-state index contributed by atoms with van der Waals surface area (Å²) in [5.74, 6) is 0. The van der Waals surface area contributed by atoms with E-state index in [-0.39, 0.29) is 0 Å². The summed E-state index contributed by atoms with van der Waals surface area (Å²) in [7, 11) is 0. The monoisotopic (exact) mass is 273 g/mol. The van der Waals surface area contributed by atoms with Gasteiger partial charge in [0, 0.05) is 18.1 Å². The molecule has 2 N–H and O–H groups in total. The first-order valence-corrected chi connectivity index (χ1v) is 7.97. The highest BCUT2D eigenvalue weighted by Gasteiger charge is 2.39. The van der Waals surface area contributed by atoms with E-state index in [1.165, 1.54) is 35.4 Å². The molecule has 1 aromatic heterocycles. The summed E-state index contributed by atoms with van der Waals surface area (Å²) >= 11 is 1.84. The van der Waals surface area contributed by atoms with Crippen LogP contribution in [0.25, 0.3) is 10.2 Å². The van der Waals surface area contributed by atoms with Crippen molar-refractivity contribution < 1.29 is 0 Å². The molecule has 0 saturated carbocycles. The van der Waals surface area contributed by atoms with E-state index >= 15 is 0 Å². The van der Waals surface area contributed by atoms with Crippen molar-refractivity contribution in [3.63, 3.8) is 0 Å². The van der Waals surface area contributed by atoms with Gasteiger partial charge in [-0.05, 0) is 37.8 Å². The van der Waals surface area contributed by atoms with Crippen LogP contribution in [0.1, 0.15) is 30.7 Å². The highest BCUT2D eigenvalue weighted by atomic mass is 32.1. The van der Waals surface area contributed by atoms with Crippen LogP contribution in [-0.2, 0) is 6.54 Å². The van der Waals surface area contributed by atoms with Crippen molar-refractivity contribution >= 4 is 21.6 Å². The molecule has 0 spiro atoms. The maximum atomic E-state index is 6.13. The topological polar surface area (TPSA) is 42.1 Å². The molecule has 0 radical (unpaired) electrons. The second-order valence-electron chi connectivity index (χ2n) is 5.86. The lowest BCUT2D eigenvalue weighted by Crippen LogP contribution is -2.46. The number of hydrogen-bond acceptors (Lipinski definition) is 4. The number of aromatic nitrogens is 1. The fourth-order valence-corrected chi connectivity index (χ4v) is 4.69. The van der Waals surface area contributed by atoms with Crippen molar-refractivity contribution in [3.05, 3.63) is 29.3 Å². The van der Waals surface area contributed by atoms with Crippen LogP contribution < -0.4 is 5.73 Å². The van der Waals surface area contributed by atoms with Gasteiger partial charge in [-0.25, -0.2) is 4.98 Å². The predicted molar refractivity (Wildman–Crippen MR) is 79.2 cm³/mol. The molecule has 3 heterocycles. The molecule has 4 heteroatoms. The number of benzene rings is 1. The Kier molecular flexibility index (Phi) is 2.83. The van der Waals surface area contributed by atoms with Crippen LogP contribution in [0.3, 0.4) is 0 Å². The van der Waals surface area contributed by atoms with Crippen LogP contribution in [0, 0.1) is 0 Å². The Labute approximate surface area is 117 Å². The van der Waals surface area contributed by atoms with Crippen molar-refractivity contribution in [2.45, 2.75) is 50.4 Å². The molecule has 2 atom stereocenters. The summed E-state index contributed by atoms with van der Waals surface area (Å²) in [6.07, 6.45) is 4.98. The largest absolute Gasteiger partial charge is 0.328 e. The summed E-state index contributed by atoms with van der Waals surface area (Å²) in [6, 6.07) is 10.2. The molecule has 2 aromatic rings. The molecule has 3 nitrogen and oxygen atoms in total. The zero-order valence-electron chi connectivity index (χ0n) is 11.0. The number of fused-ring (bicyclic) bond motifs is 3. The van der Waals surface area contributed by atoms with Gasteiger partial charge in [-0.3, -0.25) is 4.90 Å². The lowest BCUT2D eigenvalue weighted by Gasteiger charge is -2.37. The SMILES string of the molecule is NC1CC2CCC(C1)N2Cc1nc2ccccc2s1. The molecular formula is C15H19N3S. The highest BCUT2D eigenvalue weighted by Crippen LogP contribution is 2.37. The summed E-state index contributed by atoms with van der Waals surface area (Å²) in [6.45, 7) is 1.02. The maximum absolute atomic E-state index is 6.13. The summed E-state index contributed by atoms with van der Waals surface area (Å²) in [5, 5.41) is 1.26. The second-order valence-corrected chi connectivity index (χ2v) is 6.98. The van der Waals surface area contributed by atoms with E-state index in [4.69, 9.17) is 10.7 Å². The van der Waals surface area contributed by atoms with Crippen molar-refractivity contribution in [2.24, 2.45) is 5.73 Å². The van der Waals surface area contributed by atoms with Crippen molar-refractivity contribution in [2.75, 3.05) is 0 Å². The molecule has 2 unspecified atom stereocenters. The number of hydrogen-bond donors (Lipinski definition) is 1. The highest BCUT2D eigenvalue weighted by molar-refractivity contribution is 7.18. The summed E-state index contributed by atoms with van der Waals surface area (Å²) in [4.78, 5) is 7.42. The number of thiazole rings is 1. The van der Waals surface area contributed by atoms with Crippen LogP contribution in [0.15, 0.2) is 24.3 Å². The molecule has 4 rings (SSSR count). The first-order valence-electron chi connectivity index (χ1n) is 7.15. The number of para-hydroxylation sites is 1. The van der Waals surface area contributed by atoms with E-state index in [0.717, 1.165) is 12.1 Å². The number of piperidine rings is 1. The second kappa shape index (κ2) is 4.54. The van der Waals surface area contributed by atoms with Gasteiger partial charge in [0.15, 0.2) is 0 Å². The van der Waals surface area contributed by atoms with E-state index in [0.29, 0.717) is 18.1 Å². The quantitative estimate of drug-likeness (QED) is 0.915. The lowest BCUT2D eigenvalue weighted by atomic mass is 9.98. The summed E-state index contributed by atoms with van der Waals surface area (Å²) in [5.41, 5.74) is 7.27. The molecule has 19 heavy (non-hydrogen) atoms. The van der Waals surface area contributed by atoms with Gasteiger partial charge in [-0.2, -0.15) is 0 Å². The third-order valence-electron chi connectivity index (χ3n) is 4.58. The zero-order chi connectivity index (χ0) is 12.8. The normalized spacial score (nSPS) is 31.1. The van der Waals surface area contributed by atoms with Crippen molar-refractivity contribution in [3.8, 4) is 0 Å². The van der Waals surface area contributed by atoms with Crippen LogP contribution in [0.2, 0.25) is 0 Å². The van der Waals surface area contributed by atoms with Crippen LogP contribution in [-0.4, -0.2) is 28.0 Å². The minimum atomic E-state index is 0.420. The fourth-order valence-electron chi connectivity index (χ4n) is 3.72. The van der Waals surface area contributed by atoms with E-state index < -0.39 is 0 Å². The fraction of sp³-hybridized carbons (Fsp3) is 0.533. The van der Waals surface area contributed by atoms with E-state index in [1.807, 2.05) is 11.3 Å². The standard InChI is InChI=1S/C15H19N3S/c16-10-7-11-5-6-12(8-10)18(11)9-15-17-13-3-1-2-4-14(13)19-15/h1-4,10-12H,5-9,16H2. The minimum Gasteiger partial charge on any atom is -0.328 e. The van der Waals surface area contributed by atoms with Crippen molar-refractivity contribution in [1.82, 2.24) is 9.88 Å². The van der Waals surface area contributed by atoms with Gasteiger partial charge in [0.05, 0.1) is 16.8 Å². The van der Waals surface area contributed by atoms with Crippen LogP contribution in [0.4, 0.5) is 0 Å². The maximum Gasteiger partial charge on any atom is 0.108 e. The Balaban J connectivity index is 1.58. The van der Waals surface area contributed by atoms with Gasteiger partial charge >= 0.3 is 0 Å². The smallest absolute Gasteiger partial charge is 0.108 e. The Morgan fingerprint density at radius 3 is 2.68 bits per heavy atom. The molecule has 100 valence electrons. The average molecular weight is 273 g/mol. The molecule has 0 aliphatic carbocycles. The molecule has 2 aliphatic rings. The zero-order valence-corrected chi connectivity index (χ0v) is 11.8. The number of rotatable bonds is 2. The van der Waals surface area contributed by atoms with Crippen molar-refractivity contribution in [1.29, 1.82) is 0 Å². The first kappa shape index (κ1) is 11.8. The van der Waals surface area contributed by atoms with Crippen LogP contribution in [0.5, 0.6) is 0 Å². The molecule has 2 aliphatic heterocycles. The van der Waals surface area contributed by atoms with Gasteiger partial charge in [-0.1, -0.05) is 12.1 Å². The van der Waals surface area contributed by atoms with Gasteiger partial charge in [0.1, 0.15) is 5.01 Å². The molecule has 0 amide bonds. The molecule has 2 saturated heterocycles. The predicted octanol–water partition coefficient (Wildman–Crippen LogP) is 2.75. The number of nitrogens with zero attached hydrogens (tertiary/aromatic N) is 2. The van der Waals surface area contributed by atoms with E-state index in [2.05, 4.69) is 29.2 Å².